The summed E-state index contributed by atoms with van der Waals surface area (Å²) in [6, 6.07) is 3.52. The second-order valence-corrected chi connectivity index (χ2v) is 7.38. The highest BCUT2D eigenvalue weighted by Gasteiger charge is 2.39. The lowest BCUT2D eigenvalue weighted by Crippen LogP contribution is -2.57. The Morgan fingerprint density at radius 3 is 2.63 bits per heavy atom. The molecule has 1 heterocycles. The Labute approximate surface area is 116 Å². The largest absolute Gasteiger partial charge is 0.336 e. The van der Waals surface area contributed by atoms with Crippen molar-refractivity contribution in [2.75, 3.05) is 18.8 Å². The quantitative estimate of drug-likeness (QED) is 0.855. The molecule has 2 rings (SSSR count). The molecule has 1 aromatic rings. The van der Waals surface area contributed by atoms with Crippen molar-refractivity contribution in [3.63, 3.8) is 0 Å². The van der Waals surface area contributed by atoms with Crippen molar-refractivity contribution in [1.82, 2.24) is 4.90 Å². The standard InChI is InChI=1S/C12H13ClFNO3S/c1-2-19(17,18)9-6-15(7-9)12(16)10-4-3-8(14)5-11(10)13/h3-5,9H,2,6-7H2,1H3. The third kappa shape index (κ3) is 2.74. The van der Waals surface area contributed by atoms with Gasteiger partial charge in [-0.25, -0.2) is 12.8 Å². The van der Waals surface area contributed by atoms with Gasteiger partial charge in [-0.15, -0.1) is 0 Å². The fourth-order valence-electron chi connectivity index (χ4n) is 1.90. The molecule has 7 heteroatoms. The number of amides is 1. The van der Waals surface area contributed by atoms with Gasteiger partial charge in [-0.05, 0) is 18.2 Å². The molecule has 104 valence electrons. The summed E-state index contributed by atoms with van der Waals surface area (Å²) >= 11 is 5.80. The molecule has 1 fully saturated rings. The zero-order valence-corrected chi connectivity index (χ0v) is 11.8. The van der Waals surface area contributed by atoms with Crippen LogP contribution in [0.25, 0.3) is 0 Å². The van der Waals surface area contributed by atoms with E-state index in [-0.39, 0.29) is 35.3 Å². The molecular formula is C12H13ClFNO3S. The third-order valence-corrected chi connectivity index (χ3v) is 5.64. The molecule has 1 amide bonds. The second-order valence-electron chi connectivity index (χ2n) is 4.41. The van der Waals surface area contributed by atoms with Gasteiger partial charge in [0.2, 0.25) is 0 Å². The summed E-state index contributed by atoms with van der Waals surface area (Å²) in [6.45, 7) is 1.92. The van der Waals surface area contributed by atoms with Crippen molar-refractivity contribution in [3.05, 3.63) is 34.6 Å². The van der Waals surface area contributed by atoms with Crippen LogP contribution in [0.5, 0.6) is 0 Å². The minimum atomic E-state index is -3.11. The van der Waals surface area contributed by atoms with Gasteiger partial charge in [0.1, 0.15) is 5.82 Å². The van der Waals surface area contributed by atoms with Crippen molar-refractivity contribution in [2.45, 2.75) is 12.2 Å². The molecule has 0 saturated carbocycles. The molecular weight excluding hydrogens is 293 g/mol. The Bertz CT molecular complexity index is 611. The molecule has 1 aromatic carbocycles. The van der Waals surface area contributed by atoms with Crippen LogP contribution in [0.3, 0.4) is 0 Å². The first-order valence-corrected chi connectivity index (χ1v) is 7.90. The Balaban J connectivity index is 2.08. The van der Waals surface area contributed by atoms with Gasteiger partial charge >= 0.3 is 0 Å². The maximum atomic E-state index is 12.9. The van der Waals surface area contributed by atoms with E-state index in [0.29, 0.717) is 0 Å². The van der Waals surface area contributed by atoms with Gasteiger partial charge in [0.15, 0.2) is 9.84 Å². The van der Waals surface area contributed by atoms with E-state index in [4.69, 9.17) is 11.6 Å². The summed E-state index contributed by atoms with van der Waals surface area (Å²) in [4.78, 5) is 13.4. The number of carbonyl (C=O) groups excluding carboxylic acids is 1. The van der Waals surface area contributed by atoms with Crippen LogP contribution >= 0.6 is 11.6 Å². The van der Waals surface area contributed by atoms with Gasteiger partial charge in [-0.3, -0.25) is 4.79 Å². The molecule has 4 nitrogen and oxygen atoms in total. The van der Waals surface area contributed by atoms with Crippen LogP contribution < -0.4 is 0 Å². The molecule has 0 N–H and O–H groups in total. The number of benzene rings is 1. The number of sulfone groups is 1. The summed E-state index contributed by atoms with van der Waals surface area (Å²) in [5.41, 5.74) is 0.190. The molecule has 0 bridgehead atoms. The molecule has 0 aliphatic carbocycles. The molecule has 0 spiro atoms. The summed E-state index contributed by atoms with van der Waals surface area (Å²) < 4.78 is 36.1. The highest BCUT2D eigenvalue weighted by Crippen LogP contribution is 2.24. The lowest BCUT2D eigenvalue weighted by atomic mass is 10.1. The van der Waals surface area contributed by atoms with Crippen molar-refractivity contribution in [2.24, 2.45) is 0 Å². The Kier molecular flexibility index (Phi) is 3.82. The Hall–Kier alpha value is -1.14. The van der Waals surface area contributed by atoms with E-state index in [0.717, 1.165) is 12.1 Å². The Morgan fingerprint density at radius 2 is 2.11 bits per heavy atom. The van der Waals surface area contributed by atoms with E-state index >= 15 is 0 Å². The van der Waals surface area contributed by atoms with Crippen LogP contribution in [0, 0.1) is 5.82 Å². The third-order valence-electron chi connectivity index (χ3n) is 3.21. The van der Waals surface area contributed by atoms with Crippen molar-refractivity contribution < 1.29 is 17.6 Å². The smallest absolute Gasteiger partial charge is 0.255 e. The molecule has 0 atom stereocenters. The normalized spacial score (nSPS) is 16.3. The average molecular weight is 306 g/mol. The SMILES string of the molecule is CCS(=O)(=O)C1CN(C(=O)c2ccc(F)cc2Cl)C1. The number of carbonyl (C=O) groups is 1. The fraction of sp³-hybridized carbons (Fsp3) is 0.417. The number of nitrogens with zero attached hydrogens (tertiary/aromatic N) is 1. The van der Waals surface area contributed by atoms with Crippen LogP contribution in [-0.2, 0) is 9.84 Å². The molecule has 1 aliphatic rings. The van der Waals surface area contributed by atoms with Gasteiger partial charge in [-0.2, -0.15) is 0 Å². The van der Waals surface area contributed by atoms with Gasteiger partial charge in [0.05, 0.1) is 15.8 Å². The van der Waals surface area contributed by atoms with Crippen LogP contribution in [0.2, 0.25) is 5.02 Å². The van der Waals surface area contributed by atoms with Crippen LogP contribution in [-0.4, -0.2) is 43.3 Å². The molecule has 19 heavy (non-hydrogen) atoms. The predicted octanol–water partition coefficient (Wildman–Crippen LogP) is 1.74. The van der Waals surface area contributed by atoms with Crippen LogP contribution in [0.4, 0.5) is 4.39 Å². The zero-order valence-electron chi connectivity index (χ0n) is 10.3. The van der Waals surface area contributed by atoms with Crippen molar-refractivity contribution in [3.8, 4) is 0 Å². The molecule has 0 unspecified atom stereocenters. The summed E-state index contributed by atoms with van der Waals surface area (Å²) in [5, 5.41) is -0.465. The van der Waals surface area contributed by atoms with E-state index < -0.39 is 20.9 Å². The maximum absolute atomic E-state index is 12.9. The lowest BCUT2D eigenvalue weighted by Gasteiger charge is -2.38. The first-order chi connectivity index (χ1) is 8.85. The molecule has 0 radical (unpaired) electrons. The maximum Gasteiger partial charge on any atom is 0.255 e. The lowest BCUT2D eigenvalue weighted by molar-refractivity contribution is 0.0659. The number of hydrogen-bond donors (Lipinski definition) is 0. The zero-order chi connectivity index (χ0) is 14.2. The molecule has 0 aromatic heterocycles. The predicted molar refractivity (Wildman–Crippen MR) is 70.6 cm³/mol. The topological polar surface area (TPSA) is 54.5 Å². The van der Waals surface area contributed by atoms with Gasteiger partial charge in [-0.1, -0.05) is 18.5 Å². The highest BCUT2D eigenvalue weighted by molar-refractivity contribution is 7.92. The van der Waals surface area contributed by atoms with E-state index in [9.17, 15) is 17.6 Å². The first-order valence-electron chi connectivity index (χ1n) is 5.81. The summed E-state index contributed by atoms with van der Waals surface area (Å²) in [6.07, 6.45) is 0. The molecule has 1 saturated heterocycles. The van der Waals surface area contributed by atoms with Crippen molar-refractivity contribution >= 4 is 27.3 Å². The first kappa shape index (κ1) is 14.3. The summed E-state index contributed by atoms with van der Waals surface area (Å²) in [5.74, 6) is -0.819. The van der Waals surface area contributed by atoms with Gasteiger partial charge in [0, 0.05) is 18.8 Å². The van der Waals surface area contributed by atoms with E-state index in [1.165, 1.54) is 11.0 Å². The van der Waals surface area contributed by atoms with Crippen LogP contribution in [0.15, 0.2) is 18.2 Å². The van der Waals surface area contributed by atoms with Crippen molar-refractivity contribution in [1.29, 1.82) is 0 Å². The van der Waals surface area contributed by atoms with Gasteiger partial charge in [0.25, 0.3) is 5.91 Å². The molecule has 1 aliphatic heterocycles. The van der Waals surface area contributed by atoms with Crippen LogP contribution in [0.1, 0.15) is 17.3 Å². The monoisotopic (exact) mass is 305 g/mol. The highest BCUT2D eigenvalue weighted by atomic mass is 35.5. The Morgan fingerprint density at radius 1 is 1.47 bits per heavy atom. The number of halogens is 2. The summed E-state index contributed by atoms with van der Waals surface area (Å²) in [7, 11) is -3.11. The number of likely N-dealkylation sites (tertiary alicyclic amines) is 1. The minimum absolute atomic E-state index is 0.0341. The van der Waals surface area contributed by atoms with Gasteiger partial charge < -0.3 is 4.90 Å². The number of hydrogen-bond acceptors (Lipinski definition) is 3. The second kappa shape index (κ2) is 5.09. The van der Waals surface area contributed by atoms with E-state index in [2.05, 4.69) is 0 Å². The fourth-order valence-corrected chi connectivity index (χ4v) is 3.43. The van der Waals surface area contributed by atoms with E-state index in [1.807, 2.05) is 0 Å². The van der Waals surface area contributed by atoms with E-state index in [1.54, 1.807) is 6.92 Å². The minimum Gasteiger partial charge on any atom is -0.336 e. The number of rotatable bonds is 3. The average Bonchev–Trinajstić information content (AvgIpc) is 2.26.